The van der Waals surface area contributed by atoms with E-state index in [1.807, 2.05) is 16.8 Å². The third-order valence-electron chi connectivity index (χ3n) is 4.63. The normalized spacial score (nSPS) is 24.5. The maximum absolute atomic E-state index is 12.5. The first-order valence-corrected chi connectivity index (χ1v) is 7.71. The van der Waals surface area contributed by atoms with E-state index < -0.39 is 18.2 Å². The number of halogens is 3. The third kappa shape index (κ3) is 4.57. The highest BCUT2D eigenvalue weighted by molar-refractivity contribution is 5.78. The van der Waals surface area contributed by atoms with Crippen molar-refractivity contribution >= 4 is 5.91 Å². The SMILES string of the molecule is CN1CCN(C(=O)CN2CCC(C(O)C(F)(F)F)CC2)CC1. The Labute approximate surface area is 128 Å². The van der Waals surface area contributed by atoms with E-state index in [0.717, 1.165) is 13.1 Å². The molecule has 1 N–H and O–H groups in total. The summed E-state index contributed by atoms with van der Waals surface area (Å²) in [5.41, 5.74) is 0. The predicted octanol–water partition coefficient (Wildman–Crippen LogP) is 0.396. The van der Waals surface area contributed by atoms with Gasteiger partial charge in [0.05, 0.1) is 6.54 Å². The van der Waals surface area contributed by atoms with Crippen LogP contribution in [-0.2, 0) is 4.79 Å². The number of rotatable bonds is 3. The molecule has 0 aliphatic carbocycles. The lowest BCUT2D eigenvalue weighted by molar-refractivity contribution is -0.223. The Kier molecular flexibility index (Phi) is 5.68. The van der Waals surface area contributed by atoms with Crippen molar-refractivity contribution in [2.75, 3.05) is 52.9 Å². The van der Waals surface area contributed by atoms with Crippen molar-refractivity contribution in [1.29, 1.82) is 0 Å². The molecular formula is C14H24F3N3O2. The number of hydrogen-bond acceptors (Lipinski definition) is 4. The molecule has 1 unspecified atom stereocenters. The number of alkyl halides is 3. The van der Waals surface area contributed by atoms with Crippen LogP contribution in [0.2, 0.25) is 0 Å². The molecule has 0 aromatic rings. The zero-order valence-electron chi connectivity index (χ0n) is 12.8. The second-order valence-corrected chi connectivity index (χ2v) is 6.28. The summed E-state index contributed by atoms with van der Waals surface area (Å²) in [4.78, 5) is 18.0. The number of piperazine rings is 1. The number of likely N-dealkylation sites (tertiary alicyclic amines) is 1. The lowest BCUT2D eigenvalue weighted by atomic mass is 9.91. The quantitative estimate of drug-likeness (QED) is 0.817. The Morgan fingerprint density at radius 1 is 1.14 bits per heavy atom. The fourth-order valence-electron chi connectivity index (χ4n) is 3.04. The van der Waals surface area contributed by atoms with Gasteiger partial charge in [0.25, 0.3) is 0 Å². The van der Waals surface area contributed by atoms with Crippen LogP contribution in [0.15, 0.2) is 0 Å². The predicted molar refractivity (Wildman–Crippen MR) is 75.3 cm³/mol. The molecule has 1 atom stereocenters. The molecule has 0 bridgehead atoms. The van der Waals surface area contributed by atoms with Crippen LogP contribution in [0.4, 0.5) is 13.2 Å². The van der Waals surface area contributed by atoms with Crippen molar-refractivity contribution in [1.82, 2.24) is 14.7 Å². The van der Waals surface area contributed by atoms with Gasteiger partial charge in [-0.05, 0) is 38.9 Å². The van der Waals surface area contributed by atoms with Gasteiger partial charge in [-0.3, -0.25) is 9.69 Å². The monoisotopic (exact) mass is 323 g/mol. The Balaban J connectivity index is 1.74. The van der Waals surface area contributed by atoms with E-state index >= 15 is 0 Å². The van der Waals surface area contributed by atoms with Crippen LogP contribution in [0, 0.1) is 5.92 Å². The lowest BCUT2D eigenvalue weighted by Gasteiger charge is -2.37. The number of piperidine rings is 1. The first kappa shape index (κ1) is 17.5. The first-order chi connectivity index (χ1) is 10.3. The van der Waals surface area contributed by atoms with Gasteiger partial charge in [-0.2, -0.15) is 13.2 Å². The van der Waals surface area contributed by atoms with Crippen LogP contribution in [0.5, 0.6) is 0 Å². The number of aliphatic hydroxyl groups is 1. The van der Waals surface area contributed by atoms with Crippen LogP contribution in [0.1, 0.15) is 12.8 Å². The van der Waals surface area contributed by atoms with E-state index in [4.69, 9.17) is 0 Å². The minimum atomic E-state index is -4.55. The summed E-state index contributed by atoms with van der Waals surface area (Å²) in [6, 6.07) is 0. The number of amides is 1. The molecule has 2 fully saturated rings. The van der Waals surface area contributed by atoms with E-state index in [9.17, 15) is 23.1 Å². The Morgan fingerprint density at radius 2 is 1.68 bits per heavy atom. The molecule has 0 spiro atoms. The van der Waals surface area contributed by atoms with Gasteiger partial charge in [0.2, 0.25) is 5.91 Å². The molecule has 0 aromatic carbocycles. The Bertz CT molecular complexity index is 376. The van der Waals surface area contributed by atoms with E-state index in [2.05, 4.69) is 4.90 Å². The van der Waals surface area contributed by atoms with Crippen LogP contribution >= 0.6 is 0 Å². The van der Waals surface area contributed by atoms with Gasteiger partial charge in [0, 0.05) is 26.2 Å². The van der Waals surface area contributed by atoms with Gasteiger partial charge in [-0.25, -0.2) is 0 Å². The molecule has 22 heavy (non-hydrogen) atoms. The molecule has 5 nitrogen and oxygen atoms in total. The molecule has 2 saturated heterocycles. The van der Waals surface area contributed by atoms with E-state index in [-0.39, 0.29) is 25.3 Å². The molecule has 0 saturated carbocycles. The average molecular weight is 323 g/mol. The molecular weight excluding hydrogens is 299 g/mol. The van der Waals surface area contributed by atoms with Crippen molar-refractivity contribution in [3.63, 3.8) is 0 Å². The zero-order chi connectivity index (χ0) is 16.3. The minimum Gasteiger partial charge on any atom is -0.383 e. The number of carbonyl (C=O) groups is 1. The van der Waals surface area contributed by atoms with Gasteiger partial charge in [-0.1, -0.05) is 0 Å². The fraction of sp³-hybridized carbons (Fsp3) is 0.929. The molecule has 2 aliphatic rings. The zero-order valence-corrected chi connectivity index (χ0v) is 12.8. The number of carbonyl (C=O) groups excluding carboxylic acids is 1. The highest BCUT2D eigenvalue weighted by Crippen LogP contribution is 2.31. The maximum Gasteiger partial charge on any atom is 0.414 e. The fourth-order valence-corrected chi connectivity index (χ4v) is 3.04. The van der Waals surface area contributed by atoms with Crippen molar-refractivity contribution in [2.24, 2.45) is 5.92 Å². The van der Waals surface area contributed by atoms with Crippen LogP contribution in [0.3, 0.4) is 0 Å². The van der Waals surface area contributed by atoms with Gasteiger partial charge in [-0.15, -0.1) is 0 Å². The largest absolute Gasteiger partial charge is 0.414 e. The van der Waals surface area contributed by atoms with Gasteiger partial charge in [0.15, 0.2) is 6.10 Å². The summed E-state index contributed by atoms with van der Waals surface area (Å²) in [5, 5.41) is 9.28. The van der Waals surface area contributed by atoms with Crippen LogP contribution in [0.25, 0.3) is 0 Å². The Hall–Kier alpha value is -0.860. The van der Waals surface area contributed by atoms with Gasteiger partial charge in [0.1, 0.15) is 0 Å². The van der Waals surface area contributed by atoms with Crippen molar-refractivity contribution in [2.45, 2.75) is 25.1 Å². The van der Waals surface area contributed by atoms with E-state index in [1.54, 1.807) is 0 Å². The number of aliphatic hydroxyl groups excluding tert-OH is 1. The highest BCUT2D eigenvalue weighted by atomic mass is 19.4. The Morgan fingerprint density at radius 3 is 2.18 bits per heavy atom. The highest BCUT2D eigenvalue weighted by Gasteiger charge is 2.44. The standard InChI is InChI=1S/C14H24F3N3O2/c1-18-6-8-20(9-7-18)12(21)10-19-4-2-11(3-5-19)13(22)14(15,16)17/h11,13,22H,2-10H2,1H3. The topological polar surface area (TPSA) is 47.0 Å². The third-order valence-corrected chi connectivity index (χ3v) is 4.63. The molecule has 8 heteroatoms. The summed E-state index contributed by atoms with van der Waals surface area (Å²) in [5.74, 6) is -0.710. The van der Waals surface area contributed by atoms with Gasteiger partial charge < -0.3 is 14.9 Å². The molecule has 1 amide bonds. The summed E-state index contributed by atoms with van der Waals surface area (Å²) in [7, 11) is 2.01. The second kappa shape index (κ2) is 7.14. The molecule has 2 heterocycles. The number of hydrogen-bond donors (Lipinski definition) is 1. The van der Waals surface area contributed by atoms with Crippen LogP contribution in [-0.4, -0.2) is 90.9 Å². The minimum absolute atomic E-state index is 0.0444. The van der Waals surface area contributed by atoms with Gasteiger partial charge >= 0.3 is 6.18 Å². The van der Waals surface area contributed by atoms with E-state index in [1.165, 1.54) is 0 Å². The van der Waals surface area contributed by atoms with E-state index in [0.29, 0.717) is 26.2 Å². The molecule has 0 aromatic heterocycles. The molecule has 0 radical (unpaired) electrons. The molecule has 2 rings (SSSR count). The smallest absolute Gasteiger partial charge is 0.383 e. The van der Waals surface area contributed by atoms with Crippen molar-refractivity contribution < 1.29 is 23.1 Å². The summed E-state index contributed by atoms with van der Waals surface area (Å²) in [6.07, 6.45) is -6.25. The number of likely N-dealkylation sites (N-methyl/N-ethyl adjacent to an activating group) is 1. The van der Waals surface area contributed by atoms with Crippen molar-refractivity contribution in [3.05, 3.63) is 0 Å². The molecule has 128 valence electrons. The number of nitrogens with zero attached hydrogens (tertiary/aromatic N) is 3. The lowest BCUT2D eigenvalue weighted by Crippen LogP contribution is -2.51. The van der Waals surface area contributed by atoms with Crippen molar-refractivity contribution in [3.8, 4) is 0 Å². The summed E-state index contributed by atoms with van der Waals surface area (Å²) < 4.78 is 37.5. The molecule has 2 aliphatic heterocycles. The second-order valence-electron chi connectivity index (χ2n) is 6.28. The van der Waals surface area contributed by atoms with Crippen LogP contribution < -0.4 is 0 Å². The maximum atomic E-state index is 12.5. The average Bonchev–Trinajstić information content (AvgIpc) is 2.47. The first-order valence-electron chi connectivity index (χ1n) is 7.71. The summed E-state index contributed by atoms with van der Waals surface area (Å²) in [6.45, 7) is 4.24. The summed E-state index contributed by atoms with van der Waals surface area (Å²) >= 11 is 0.